The van der Waals surface area contributed by atoms with Crippen LogP contribution in [0.25, 0.3) is 0 Å². The molecule has 0 atom stereocenters. The number of hydrogen-bond donors (Lipinski definition) is 2. The molecule has 2 N–H and O–H groups in total. The lowest BCUT2D eigenvalue weighted by atomic mass is 10.1. The van der Waals surface area contributed by atoms with Gasteiger partial charge in [-0.3, -0.25) is 4.79 Å². The zero-order valence-corrected chi connectivity index (χ0v) is 18.4. The van der Waals surface area contributed by atoms with Gasteiger partial charge in [0.25, 0.3) is 5.91 Å². The highest BCUT2D eigenvalue weighted by Gasteiger charge is 2.16. The zero-order valence-electron chi connectivity index (χ0n) is 16.2. The Balaban J connectivity index is 2.10. The molecule has 0 fully saturated rings. The first-order chi connectivity index (χ1) is 13.1. The lowest BCUT2D eigenvalue weighted by Crippen LogP contribution is -2.43. The second-order valence-electron chi connectivity index (χ2n) is 7.16. The summed E-state index contributed by atoms with van der Waals surface area (Å²) in [4.78, 5) is 12.0. The predicted molar refractivity (Wildman–Crippen MR) is 115 cm³/mol. The van der Waals surface area contributed by atoms with Crippen molar-refractivity contribution < 1.29 is 14.3 Å². The topological polar surface area (TPSA) is 59.6 Å². The molecule has 8 heteroatoms. The van der Waals surface area contributed by atoms with Gasteiger partial charge in [-0.15, -0.1) is 0 Å². The molecule has 0 aliphatic rings. The van der Waals surface area contributed by atoms with Crippen molar-refractivity contribution in [2.24, 2.45) is 0 Å². The SMILES string of the molecule is COc1cc(CNc2cc(Cl)ccc2Cl)c(Cl)cc1OCC(=O)NC(C)(C)C. The highest BCUT2D eigenvalue weighted by Crippen LogP contribution is 2.34. The molecule has 28 heavy (non-hydrogen) atoms. The van der Waals surface area contributed by atoms with Crippen LogP contribution in [0.3, 0.4) is 0 Å². The maximum absolute atomic E-state index is 12.0. The smallest absolute Gasteiger partial charge is 0.258 e. The van der Waals surface area contributed by atoms with E-state index >= 15 is 0 Å². The Morgan fingerprint density at radius 2 is 1.75 bits per heavy atom. The van der Waals surface area contributed by atoms with Gasteiger partial charge in [0.05, 0.1) is 17.8 Å². The molecule has 2 rings (SSSR count). The third kappa shape index (κ3) is 6.66. The summed E-state index contributed by atoms with van der Waals surface area (Å²) in [6.45, 7) is 5.96. The molecule has 0 aliphatic carbocycles. The van der Waals surface area contributed by atoms with Crippen molar-refractivity contribution in [1.82, 2.24) is 5.32 Å². The molecule has 5 nitrogen and oxygen atoms in total. The van der Waals surface area contributed by atoms with Gasteiger partial charge in [0.15, 0.2) is 18.1 Å². The van der Waals surface area contributed by atoms with Crippen LogP contribution in [-0.2, 0) is 11.3 Å². The van der Waals surface area contributed by atoms with Crippen molar-refractivity contribution in [1.29, 1.82) is 0 Å². The van der Waals surface area contributed by atoms with E-state index in [2.05, 4.69) is 10.6 Å². The van der Waals surface area contributed by atoms with Crippen LogP contribution in [0, 0.1) is 0 Å². The van der Waals surface area contributed by atoms with Crippen LogP contribution >= 0.6 is 34.8 Å². The van der Waals surface area contributed by atoms with E-state index < -0.39 is 0 Å². The molecule has 1 amide bonds. The highest BCUT2D eigenvalue weighted by molar-refractivity contribution is 6.35. The van der Waals surface area contributed by atoms with Crippen LogP contribution in [0.2, 0.25) is 15.1 Å². The Bertz CT molecular complexity index is 851. The molecule has 0 spiro atoms. The normalized spacial score (nSPS) is 11.1. The number of benzene rings is 2. The second kappa shape index (κ2) is 9.59. The molecule has 0 aromatic heterocycles. The minimum Gasteiger partial charge on any atom is -0.493 e. The summed E-state index contributed by atoms with van der Waals surface area (Å²) in [5.74, 6) is 0.634. The van der Waals surface area contributed by atoms with E-state index in [-0.39, 0.29) is 18.1 Å². The summed E-state index contributed by atoms with van der Waals surface area (Å²) in [7, 11) is 1.52. The molecular weight excluding hydrogens is 423 g/mol. The summed E-state index contributed by atoms with van der Waals surface area (Å²) in [5, 5.41) is 7.63. The van der Waals surface area contributed by atoms with Crippen LogP contribution in [0.4, 0.5) is 5.69 Å². The summed E-state index contributed by atoms with van der Waals surface area (Å²) < 4.78 is 11.0. The number of methoxy groups -OCH3 is 1. The number of halogens is 3. The largest absolute Gasteiger partial charge is 0.493 e. The fraction of sp³-hybridized carbons (Fsp3) is 0.350. The number of ether oxygens (including phenoxy) is 2. The fourth-order valence-electron chi connectivity index (χ4n) is 2.41. The van der Waals surface area contributed by atoms with Crippen LogP contribution in [0.1, 0.15) is 26.3 Å². The molecular formula is C20H23Cl3N2O3. The average Bonchev–Trinajstić information content (AvgIpc) is 2.60. The van der Waals surface area contributed by atoms with Gasteiger partial charge in [-0.25, -0.2) is 0 Å². The molecule has 2 aromatic carbocycles. The number of hydrogen-bond acceptors (Lipinski definition) is 4. The molecule has 0 radical (unpaired) electrons. The van der Waals surface area contributed by atoms with Crippen molar-refractivity contribution >= 4 is 46.4 Å². The molecule has 0 saturated heterocycles. The minimum absolute atomic E-state index is 0.139. The number of carbonyl (C=O) groups is 1. The Kier molecular flexibility index (Phi) is 7.70. The number of nitrogens with one attached hydrogen (secondary N) is 2. The Hall–Kier alpha value is -1.82. The van der Waals surface area contributed by atoms with Crippen LogP contribution < -0.4 is 20.1 Å². The van der Waals surface area contributed by atoms with Crippen LogP contribution in [0.15, 0.2) is 30.3 Å². The highest BCUT2D eigenvalue weighted by atomic mass is 35.5. The van der Waals surface area contributed by atoms with Gasteiger partial charge in [-0.05, 0) is 50.6 Å². The third-order valence-corrected chi connectivity index (χ3v) is 4.52. The summed E-state index contributed by atoms with van der Waals surface area (Å²) in [6, 6.07) is 8.55. The van der Waals surface area contributed by atoms with E-state index in [0.29, 0.717) is 38.8 Å². The minimum atomic E-state index is -0.334. The van der Waals surface area contributed by atoms with E-state index in [1.54, 1.807) is 30.3 Å². The van der Waals surface area contributed by atoms with E-state index in [9.17, 15) is 4.79 Å². The maximum Gasteiger partial charge on any atom is 0.258 e. The lowest BCUT2D eigenvalue weighted by molar-refractivity contribution is -0.124. The van der Waals surface area contributed by atoms with Gasteiger partial charge in [0.2, 0.25) is 0 Å². The lowest BCUT2D eigenvalue weighted by Gasteiger charge is -2.21. The van der Waals surface area contributed by atoms with Gasteiger partial charge in [0.1, 0.15) is 0 Å². The maximum atomic E-state index is 12.0. The first kappa shape index (κ1) is 22.5. The van der Waals surface area contributed by atoms with Gasteiger partial charge in [-0.2, -0.15) is 0 Å². The van der Waals surface area contributed by atoms with E-state index in [1.807, 2.05) is 20.8 Å². The monoisotopic (exact) mass is 444 g/mol. The Morgan fingerprint density at radius 3 is 2.39 bits per heavy atom. The zero-order chi connectivity index (χ0) is 20.9. The number of carbonyl (C=O) groups excluding carboxylic acids is 1. The molecule has 0 unspecified atom stereocenters. The molecule has 0 bridgehead atoms. The quantitative estimate of drug-likeness (QED) is 0.585. The molecule has 152 valence electrons. The molecule has 0 saturated carbocycles. The number of rotatable bonds is 7. The van der Waals surface area contributed by atoms with Crippen LogP contribution in [0.5, 0.6) is 11.5 Å². The fourth-order valence-corrected chi connectivity index (χ4v) is 2.98. The van der Waals surface area contributed by atoms with Crippen LogP contribution in [-0.4, -0.2) is 25.2 Å². The number of amides is 1. The van der Waals surface area contributed by atoms with Gasteiger partial charge >= 0.3 is 0 Å². The van der Waals surface area contributed by atoms with E-state index in [1.165, 1.54) is 7.11 Å². The van der Waals surface area contributed by atoms with Gasteiger partial charge < -0.3 is 20.1 Å². The van der Waals surface area contributed by atoms with Crippen molar-refractivity contribution in [3.05, 3.63) is 51.0 Å². The predicted octanol–water partition coefficient (Wildman–Crippen LogP) is 5.56. The van der Waals surface area contributed by atoms with Crippen molar-refractivity contribution in [2.45, 2.75) is 32.9 Å². The second-order valence-corrected chi connectivity index (χ2v) is 8.41. The average molecular weight is 446 g/mol. The summed E-state index contributed by atoms with van der Waals surface area (Å²) in [5.41, 5.74) is 1.14. The number of anilines is 1. The Labute approximate surface area is 180 Å². The third-order valence-electron chi connectivity index (χ3n) is 3.60. The molecule has 0 heterocycles. The summed E-state index contributed by atoms with van der Waals surface area (Å²) in [6.07, 6.45) is 0. The standard InChI is InChI=1S/C20H23Cl3N2O3/c1-20(2,3)25-19(26)11-28-18-9-15(23)12(7-17(18)27-4)10-24-16-8-13(21)5-6-14(16)22/h5-9,24H,10-11H2,1-4H3,(H,25,26). The molecule has 0 aliphatic heterocycles. The van der Waals surface area contributed by atoms with E-state index in [0.717, 1.165) is 5.56 Å². The van der Waals surface area contributed by atoms with Crippen molar-refractivity contribution in [3.8, 4) is 11.5 Å². The molecule has 2 aromatic rings. The van der Waals surface area contributed by atoms with Crippen molar-refractivity contribution in [2.75, 3.05) is 19.0 Å². The van der Waals surface area contributed by atoms with Gasteiger partial charge in [0, 0.05) is 28.2 Å². The Morgan fingerprint density at radius 1 is 1.04 bits per heavy atom. The first-order valence-electron chi connectivity index (χ1n) is 8.58. The summed E-state index contributed by atoms with van der Waals surface area (Å²) >= 11 is 18.6. The van der Waals surface area contributed by atoms with Gasteiger partial charge in [-0.1, -0.05) is 34.8 Å². The van der Waals surface area contributed by atoms with Crippen molar-refractivity contribution in [3.63, 3.8) is 0 Å². The first-order valence-corrected chi connectivity index (χ1v) is 9.71. The van der Waals surface area contributed by atoms with E-state index in [4.69, 9.17) is 44.3 Å².